The second kappa shape index (κ2) is 9.80. The summed E-state index contributed by atoms with van der Waals surface area (Å²) in [5.41, 5.74) is 1.21. The standard InChI is InChI=1S/C17H27NO3.ClH/c1-4-7-14-8-9-15-17(21-13-12-19-15)16(14)20-11-10-18(5-2)6-3;/h8-9H,4-7,10-13H2,1-3H3;1H. The number of aryl methyl sites for hydroxylation is 1. The van der Waals surface area contributed by atoms with Crippen LogP contribution < -0.4 is 14.2 Å². The van der Waals surface area contributed by atoms with Gasteiger partial charge in [-0.05, 0) is 31.1 Å². The van der Waals surface area contributed by atoms with Gasteiger partial charge in [0.25, 0.3) is 0 Å². The van der Waals surface area contributed by atoms with E-state index < -0.39 is 0 Å². The first-order chi connectivity index (χ1) is 10.3. The van der Waals surface area contributed by atoms with Crippen LogP contribution in [0.4, 0.5) is 0 Å². The summed E-state index contributed by atoms with van der Waals surface area (Å²) in [7, 11) is 0. The molecule has 1 aromatic carbocycles. The molecule has 1 heterocycles. The molecule has 2 rings (SSSR count). The topological polar surface area (TPSA) is 30.9 Å². The Labute approximate surface area is 140 Å². The van der Waals surface area contributed by atoms with Gasteiger partial charge in [0.1, 0.15) is 19.8 Å². The zero-order chi connectivity index (χ0) is 15.1. The molecule has 0 spiro atoms. The molecule has 0 radical (unpaired) electrons. The van der Waals surface area contributed by atoms with Crippen molar-refractivity contribution in [3.05, 3.63) is 17.7 Å². The molecule has 0 N–H and O–H groups in total. The Morgan fingerprint density at radius 1 is 1.09 bits per heavy atom. The number of hydrogen-bond acceptors (Lipinski definition) is 4. The Kier molecular flexibility index (Phi) is 8.43. The first kappa shape index (κ1) is 18.9. The molecule has 1 aliphatic rings. The van der Waals surface area contributed by atoms with E-state index in [9.17, 15) is 0 Å². The molecule has 126 valence electrons. The van der Waals surface area contributed by atoms with Gasteiger partial charge in [-0.2, -0.15) is 0 Å². The number of benzene rings is 1. The molecule has 0 bridgehead atoms. The van der Waals surface area contributed by atoms with Crippen LogP contribution in [0.1, 0.15) is 32.8 Å². The summed E-state index contributed by atoms with van der Waals surface area (Å²) in [5, 5.41) is 0. The molecule has 0 saturated heterocycles. The van der Waals surface area contributed by atoms with E-state index in [0.29, 0.717) is 19.8 Å². The van der Waals surface area contributed by atoms with E-state index in [1.54, 1.807) is 0 Å². The fourth-order valence-electron chi connectivity index (χ4n) is 2.57. The van der Waals surface area contributed by atoms with Crippen molar-refractivity contribution in [3.63, 3.8) is 0 Å². The second-order valence-electron chi connectivity index (χ2n) is 5.20. The highest BCUT2D eigenvalue weighted by molar-refractivity contribution is 5.85. The average molecular weight is 330 g/mol. The van der Waals surface area contributed by atoms with Crippen LogP contribution in [0.5, 0.6) is 17.2 Å². The van der Waals surface area contributed by atoms with Crippen LogP contribution in [0.2, 0.25) is 0 Å². The molecule has 5 heteroatoms. The van der Waals surface area contributed by atoms with Crippen LogP contribution in [0, 0.1) is 0 Å². The van der Waals surface area contributed by atoms with Crippen molar-refractivity contribution in [2.45, 2.75) is 33.6 Å². The SMILES string of the molecule is CCCc1ccc2c(c1OCCN(CC)CC)OCCO2.Cl. The number of nitrogens with zero attached hydrogens (tertiary/aromatic N) is 1. The lowest BCUT2D eigenvalue weighted by Gasteiger charge is -2.24. The van der Waals surface area contributed by atoms with Crippen molar-refractivity contribution in [1.29, 1.82) is 0 Å². The van der Waals surface area contributed by atoms with Gasteiger partial charge in [-0.3, -0.25) is 0 Å². The van der Waals surface area contributed by atoms with Gasteiger partial charge in [-0.25, -0.2) is 0 Å². The highest BCUT2D eigenvalue weighted by Gasteiger charge is 2.20. The van der Waals surface area contributed by atoms with Crippen molar-refractivity contribution in [1.82, 2.24) is 4.90 Å². The van der Waals surface area contributed by atoms with Crippen LogP contribution in [0.15, 0.2) is 12.1 Å². The highest BCUT2D eigenvalue weighted by Crippen LogP contribution is 2.42. The van der Waals surface area contributed by atoms with Gasteiger partial charge < -0.3 is 19.1 Å². The zero-order valence-corrected chi connectivity index (χ0v) is 14.7. The fourth-order valence-corrected chi connectivity index (χ4v) is 2.57. The molecule has 1 aromatic rings. The van der Waals surface area contributed by atoms with Crippen molar-refractivity contribution < 1.29 is 14.2 Å². The molecule has 0 atom stereocenters. The van der Waals surface area contributed by atoms with Gasteiger partial charge in [0.15, 0.2) is 11.5 Å². The summed E-state index contributed by atoms with van der Waals surface area (Å²) >= 11 is 0. The third-order valence-electron chi connectivity index (χ3n) is 3.81. The Hall–Kier alpha value is -1.13. The number of fused-ring (bicyclic) bond motifs is 1. The molecular formula is C17H28ClNO3. The molecule has 0 amide bonds. The zero-order valence-electron chi connectivity index (χ0n) is 13.9. The number of ether oxygens (including phenoxy) is 3. The summed E-state index contributed by atoms with van der Waals surface area (Å²) < 4.78 is 17.5. The van der Waals surface area contributed by atoms with E-state index in [1.165, 1.54) is 5.56 Å². The Balaban J connectivity index is 0.00000242. The number of rotatable bonds is 8. The van der Waals surface area contributed by atoms with E-state index >= 15 is 0 Å². The fraction of sp³-hybridized carbons (Fsp3) is 0.647. The summed E-state index contributed by atoms with van der Waals surface area (Å²) in [6, 6.07) is 4.10. The van der Waals surface area contributed by atoms with E-state index in [4.69, 9.17) is 14.2 Å². The van der Waals surface area contributed by atoms with Crippen molar-refractivity contribution in [2.24, 2.45) is 0 Å². The summed E-state index contributed by atoms with van der Waals surface area (Å²) in [5.74, 6) is 2.46. The Bertz CT molecular complexity index is 450. The second-order valence-corrected chi connectivity index (χ2v) is 5.20. The summed E-state index contributed by atoms with van der Waals surface area (Å²) in [6.45, 7) is 11.4. The smallest absolute Gasteiger partial charge is 0.203 e. The number of likely N-dealkylation sites (N-methyl/N-ethyl adjacent to an activating group) is 1. The number of halogens is 1. The third-order valence-corrected chi connectivity index (χ3v) is 3.81. The Morgan fingerprint density at radius 2 is 1.82 bits per heavy atom. The van der Waals surface area contributed by atoms with Gasteiger partial charge >= 0.3 is 0 Å². The monoisotopic (exact) mass is 329 g/mol. The minimum atomic E-state index is 0. The maximum Gasteiger partial charge on any atom is 0.203 e. The predicted molar refractivity (Wildman–Crippen MR) is 92.0 cm³/mol. The molecule has 0 unspecified atom stereocenters. The molecular weight excluding hydrogens is 302 g/mol. The maximum atomic E-state index is 6.08. The van der Waals surface area contributed by atoms with Crippen molar-refractivity contribution in [2.75, 3.05) is 39.5 Å². The average Bonchev–Trinajstić information content (AvgIpc) is 2.53. The Morgan fingerprint density at radius 3 is 2.50 bits per heavy atom. The number of hydrogen-bond donors (Lipinski definition) is 0. The van der Waals surface area contributed by atoms with E-state index in [1.807, 2.05) is 6.07 Å². The van der Waals surface area contributed by atoms with Gasteiger partial charge in [0.2, 0.25) is 5.75 Å². The van der Waals surface area contributed by atoms with Gasteiger partial charge in [0.05, 0.1) is 0 Å². The minimum absolute atomic E-state index is 0. The van der Waals surface area contributed by atoms with Crippen molar-refractivity contribution >= 4 is 12.4 Å². The summed E-state index contributed by atoms with van der Waals surface area (Å²) in [6.07, 6.45) is 2.09. The van der Waals surface area contributed by atoms with Crippen LogP contribution in [0.3, 0.4) is 0 Å². The molecule has 0 aliphatic carbocycles. The lowest BCUT2D eigenvalue weighted by molar-refractivity contribution is 0.157. The predicted octanol–water partition coefficient (Wildman–Crippen LogP) is 3.55. The van der Waals surface area contributed by atoms with E-state index in [2.05, 4.69) is 31.7 Å². The molecule has 0 aromatic heterocycles. The van der Waals surface area contributed by atoms with E-state index in [0.717, 1.165) is 49.7 Å². The van der Waals surface area contributed by atoms with Crippen LogP contribution >= 0.6 is 12.4 Å². The minimum Gasteiger partial charge on any atom is -0.488 e. The van der Waals surface area contributed by atoms with E-state index in [-0.39, 0.29) is 12.4 Å². The van der Waals surface area contributed by atoms with Gasteiger partial charge in [0, 0.05) is 6.54 Å². The largest absolute Gasteiger partial charge is 0.488 e. The van der Waals surface area contributed by atoms with Gasteiger partial charge in [-0.1, -0.05) is 33.3 Å². The van der Waals surface area contributed by atoms with Crippen LogP contribution in [-0.4, -0.2) is 44.4 Å². The quantitative estimate of drug-likeness (QED) is 0.729. The molecule has 0 saturated carbocycles. The first-order valence-corrected chi connectivity index (χ1v) is 8.06. The van der Waals surface area contributed by atoms with Crippen LogP contribution in [0.25, 0.3) is 0 Å². The lowest BCUT2D eigenvalue weighted by Crippen LogP contribution is -2.28. The first-order valence-electron chi connectivity index (χ1n) is 8.06. The maximum absolute atomic E-state index is 6.08. The van der Waals surface area contributed by atoms with Gasteiger partial charge in [-0.15, -0.1) is 12.4 Å². The molecule has 4 nitrogen and oxygen atoms in total. The normalized spacial score (nSPS) is 12.9. The van der Waals surface area contributed by atoms with Crippen LogP contribution in [-0.2, 0) is 6.42 Å². The van der Waals surface area contributed by atoms with Crippen molar-refractivity contribution in [3.8, 4) is 17.2 Å². The molecule has 1 aliphatic heterocycles. The molecule has 22 heavy (non-hydrogen) atoms. The third kappa shape index (κ3) is 4.68. The lowest BCUT2D eigenvalue weighted by atomic mass is 10.1. The molecule has 0 fully saturated rings. The summed E-state index contributed by atoms with van der Waals surface area (Å²) in [4.78, 5) is 2.35. The highest BCUT2D eigenvalue weighted by atomic mass is 35.5.